The van der Waals surface area contributed by atoms with Crippen LogP contribution in [0.15, 0.2) is 54.9 Å². The molecule has 3 rings (SSSR count). The molecule has 0 saturated carbocycles. The molecule has 4 N–H and O–H groups in total. The van der Waals surface area contributed by atoms with Crippen molar-refractivity contribution in [2.75, 3.05) is 11.9 Å². The Morgan fingerprint density at radius 1 is 1.21 bits per heavy atom. The Bertz CT molecular complexity index is 966. The molecule has 8 heteroatoms. The third kappa shape index (κ3) is 5.55. The first-order chi connectivity index (χ1) is 13.9. The van der Waals surface area contributed by atoms with Gasteiger partial charge in [-0.2, -0.15) is 0 Å². The fourth-order valence-electron chi connectivity index (χ4n) is 2.67. The van der Waals surface area contributed by atoms with Crippen LogP contribution in [0.25, 0.3) is 5.65 Å². The average Bonchev–Trinajstić information content (AvgIpc) is 3.13. The molecular weight excluding hydrogens is 370 g/mol. The zero-order valence-electron chi connectivity index (χ0n) is 16.5. The maximum atomic E-state index is 12.1. The van der Waals surface area contributed by atoms with Crippen LogP contribution in [0, 0.1) is 5.92 Å². The minimum Gasteiger partial charge on any atom is -0.487 e. The Hall–Kier alpha value is -3.39. The molecule has 29 heavy (non-hydrogen) atoms. The summed E-state index contributed by atoms with van der Waals surface area (Å²) in [7, 11) is 0. The van der Waals surface area contributed by atoms with Gasteiger partial charge in [0.05, 0.1) is 18.3 Å². The van der Waals surface area contributed by atoms with E-state index in [0.29, 0.717) is 18.0 Å². The summed E-state index contributed by atoms with van der Waals surface area (Å²) in [4.78, 5) is 28.4. The average molecular weight is 395 g/mol. The van der Waals surface area contributed by atoms with E-state index in [1.54, 1.807) is 24.3 Å². The normalized spacial score (nSPS) is 12.0. The summed E-state index contributed by atoms with van der Waals surface area (Å²) < 4.78 is 7.71. The van der Waals surface area contributed by atoms with E-state index in [-0.39, 0.29) is 24.3 Å². The number of nitrogens with one attached hydrogen (secondary N) is 2. The van der Waals surface area contributed by atoms with Crippen LogP contribution in [0.2, 0.25) is 0 Å². The number of imidazole rings is 1. The first-order valence-electron chi connectivity index (χ1n) is 9.41. The number of nitrogens with two attached hydrogens (primary N) is 1. The predicted molar refractivity (Wildman–Crippen MR) is 110 cm³/mol. The summed E-state index contributed by atoms with van der Waals surface area (Å²) >= 11 is 0. The first kappa shape index (κ1) is 20.3. The van der Waals surface area contributed by atoms with Gasteiger partial charge in [-0.15, -0.1) is 0 Å². The van der Waals surface area contributed by atoms with Gasteiger partial charge in [0.15, 0.2) is 0 Å². The second kappa shape index (κ2) is 9.20. The van der Waals surface area contributed by atoms with E-state index < -0.39 is 6.04 Å². The Balaban J connectivity index is 1.52. The summed E-state index contributed by atoms with van der Waals surface area (Å²) in [6, 6.07) is 12.2. The highest BCUT2D eigenvalue weighted by Gasteiger charge is 2.17. The number of nitrogens with zero attached hydrogens (tertiary/aromatic N) is 2. The minimum absolute atomic E-state index is 0.000185. The standard InChI is InChI=1S/C21H25N5O3/c1-14(2)20(22)21(28)23-11-19(27)25-15-6-5-7-17(10-15)29-13-16-12-26-9-4-3-8-18(26)24-16/h3-10,12,14,20H,11,13,22H2,1-2H3,(H,23,28)(H,25,27)/t20-/m0/s1. The molecule has 2 amide bonds. The fraction of sp³-hybridized carbons (Fsp3) is 0.286. The number of carbonyl (C=O) groups excluding carboxylic acids is 2. The number of fused-ring (bicyclic) bond motifs is 1. The lowest BCUT2D eigenvalue weighted by molar-refractivity contribution is -0.125. The van der Waals surface area contributed by atoms with Crippen molar-refractivity contribution >= 4 is 23.1 Å². The fourth-order valence-corrected chi connectivity index (χ4v) is 2.67. The number of hydrogen-bond acceptors (Lipinski definition) is 5. The van der Waals surface area contributed by atoms with Crippen LogP contribution in [-0.4, -0.2) is 33.8 Å². The van der Waals surface area contributed by atoms with Crippen molar-refractivity contribution < 1.29 is 14.3 Å². The van der Waals surface area contributed by atoms with E-state index in [2.05, 4.69) is 15.6 Å². The van der Waals surface area contributed by atoms with Crippen LogP contribution in [-0.2, 0) is 16.2 Å². The summed E-state index contributed by atoms with van der Waals surface area (Å²) in [5, 5.41) is 5.27. The number of hydrogen-bond donors (Lipinski definition) is 3. The third-order valence-corrected chi connectivity index (χ3v) is 4.36. The molecule has 2 aromatic heterocycles. The lowest BCUT2D eigenvalue weighted by Gasteiger charge is -2.15. The van der Waals surface area contributed by atoms with E-state index in [9.17, 15) is 9.59 Å². The lowest BCUT2D eigenvalue weighted by Crippen LogP contribution is -2.46. The van der Waals surface area contributed by atoms with Crippen LogP contribution in [0.4, 0.5) is 5.69 Å². The predicted octanol–water partition coefficient (Wildman–Crippen LogP) is 1.95. The van der Waals surface area contributed by atoms with Gasteiger partial charge in [-0.25, -0.2) is 4.98 Å². The molecule has 0 aliphatic carbocycles. The van der Waals surface area contributed by atoms with Gasteiger partial charge in [-0.3, -0.25) is 9.59 Å². The topological polar surface area (TPSA) is 111 Å². The second-order valence-corrected chi connectivity index (χ2v) is 7.05. The number of pyridine rings is 1. The minimum atomic E-state index is -0.640. The molecule has 0 unspecified atom stereocenters. The van der Waals surface area contributed by atoms with Crippen molar-refractivity contribution in [3.05, 3.63) is 60.6 Å². The molecule has 0 aliphatic heterocycles. The van der Waals surface area contributed by atoms with Gasteiger partial charge in [-0.05, 0) is 30.2 Å². The second-order valence-electron chi connectivity index (χ2n) is 7.05. The van der Waals surface area contributed by atoms with Gasteiger partial charge in [0.1, 0.15) is 18.0 Å². The smallest absolute Gasteiger partial charge is 0.243 e. The van der Waals surface area contributed by atoms with Crippen molar-refractivity contribution in [2.24, 2.45) is 11.7 Å². The number of rotatable bonds is 8. The van der Waals surface area contributed by atoms with Gasteiger partial charge >= 0.3 is 0 Å². The third-order valence-electron chi connectivity index (χ3n) is 4.36. The molecule has 0 bridgehead atoms. The van der Waals surface area contributed by atoms with Crippen molar-refractivity contribution in [2.45, 2.75) is 26.5 Å². The molecule has 0 radical (unpaired) electrons. The highest BCUT2D eigenvalue weighted by atomic mass is 16.5. The highest BCUT2D eigenvalue weighted by Crippen LogP contribution is 2.18. The summed E-state index contributed by atoms with van der Waals surface area (Å²) in [5.41, 5.74) is 7.99. The maximum absolute atomic E-state index is 12.1. The summed E-state index contributed by atoms with van der Waals surface area (Å²) in [6.07, 6.45) is 3.83. The molecule has 0 spiro atoms. The zero-order chi connectivity index (χ0) is 20.8. The van der Waals surface area contributed by atoms with E-state index in [1.165, 1.54) is 0 Å². The Morgan fingerprint density at radius 3 is 2.79 bits per heavy atom. The van der Waals surface area contributed by atoms with Crippen LogP contribution in [0.5, 0.6) is 5.75 Å². The van der Waals surface area contributed by atoms with E-state index >= 15 is 0 Å². The van der Waals surface area contributed by atoms with Crippen LogP contribution in [0.3, 0.4) is 0 Å². The Labute approximate surface area is 169 Å². The molecule has 3 aromatic rings. The number of benzene rings is 1. The van der Waals surface area contributed by atoms with Crippen LogP contribution < -0.4 is 21.1 Å². The maximum Gasteiger partial charge on any atom is 0.243 e. The van der Waals surface area contributed by atoms with Gasteiger partial charge in [0, 0.05) is 24.1 Å². The van der Waals surface area contributed by atoms with Crippen molar-refractivity contribution in [3.63, 3.8) is 0 Å². The summed E-state index contributed by atoms with van der Waals surface area (Å²) in [6.45, 7) is 3.86. The van der Waals surface area contributed by atoms with E-state index in [1.807, 2.05) is 48.8 Å². The van der Waals surface area contributed by atoms with Gasteiger partial charge in [0.25, 0.3) is 0 Å². The van der Waals surface area contributed by atoms with Crippen LogP contribution >= 0.6 is 0 Å². The zero-order valence-corrected chi connectivity index (χ0v) is 16.5. The molecule has 8 nitrogen and oxygen atoms in total. The van der Waals surface area contributed by atoms with Crippen molar-refractivity contribution in [1.82, 2.24) is 14.7 Å². The quantitative estimate of drug-likeness (QED) is 0.540. The van der Waals surface area contributed by atoms with Crippen LogP contribution in [0.1, 0.15) is 19.5 Å². The molecule has 1 aromatic carbocycles. The largest absolute Gasteiger partial charge is 0.487 e. The number of ether oxygens (including phenoxy) is 1. The molecule has 0 fully saturated rings. The Morgan fingerprint density at radius 2 is 2.03 bits per heavy atom. The number of carbonyl (C=O) groups is 2. The van der Waals surface area contributed by atoms with Gasteiger partial charge in [-0.1, -0.05) is 26.0 Å². The molecular formula is C21H25N5O3. The van der Waals surface area contributed by atoms with Gasteiger partial charge in [0.2, 0.25) is 11.8 Å². The van der Waals surface area contributed by atoms with Gasteiger partial charge < -0.3 is 25.5 Å². The van der Waals surface area contributed by atoms with Crippen molar-refractivity contribution in [1.29, 1.82) is 0 Å². The van der Waals surface area contributed by atoms with Crippen molar-refractivity contribution in [3.8, 4) is 5.75 Å². The Kier molecular flexibility index (Phi) is 6.46. The monoisotopic (exact) mass is 395 g/mol. The van der Waals surface area contributed by atoms with E-state index in [0.717, 1.165) is 11.3 Å². The lowest BCUT2D eigenvalue weighted by atomic mass is 10.1. The SMILES string of the molecule is CC(C)[C@H](N)C(=O)NCC(=O)Nc1cccc(OCc2cn3ccccc3n2)c1. The van der Waals surface area contributed by atoms with E-state index in [4.69, 9.17) is 10.5 Å². The molecule has 0 saturated heterocycles. The highest BCUT2D eigenvalue weighted by molar-refractivity contribution is 5.95. The molecule has 0 aliphatic rings. The first-order valence-corrected chi connectivity index (χ1v) is 9.41. The molecule has 2 heterocycles. The number of anilines is 1. The number of amides is 2. The summed E-state index contributed by atoms with van der Waals surface area (Å²) in [5.74, 6) is -0.0861. The molecule has 1 atom stereocenters. The number of aromatic nitrogens is 2. The molecule has 152 valence electrons.